The lowest BCUT2D eigenvalue weighted by atomic mass is 9.75. The molecule has 1 nitrogen and oxygen atoms in total. The van der Waals surface area contributed by atoms with Crippen LogP contribution < -0.4 is 0 Å². The molecule has 4 aliphatic rings. The summed E-state index contributed by atoms with van der Waals surface area (Å²) in [5.74, 6) is 2.83. The van der Waals surface area contributed by atoms with Gasteiger partial charge in [-0.25, -0.2) is 0 Å². The first-order valence-electron chi connectivity index (χ1n) is 4.75. The van der Waals surface area contributed by atoms with Gasteiger partial charge in [0.15, 0.2) is 0 Å². The molecule has 0 saturated heterocycles. The summed E-state index contributed by atoms with van der Waals surface area (Å²) in [7, 11) is 0. The minimum atomic E-state index is 0.294. The van der Waals surface area contributed by atoms with Crippen LogP contribution in [0.25, 0.3) is 0 Å². The number of aliphatic hydroxyl groups is 1. The van der Waals surface area contributed by atoms with Crippen molar-refractivity contribution in [1.29, 1.82) is 0 Å². The fourth-order valence-electron chi connectivity index (χ4n) is 4.33. The Bertz CT molecular complexity index is 211. The Hall–Kier alpha value is -0.0400. The van der Waals surface area contributed by atoms with E-state index in [4.69, 9.17) is 0 Å². The highest BCUT2D eigenvalue weighted by atomic mass is 16.3. The van der Waals surface area contributed by atoms with Crippen LogP contribution in [0.15, 0.2) is 0 Å². The number of hydrogen-bond acceptors (Lipinski definition) is 1. The molecule has 4 fully saturated rings. The van der Waals surface area contributed by atoms with E-state index in [1.54, 1.807) is 0 Å². The molecule has 5 atom stereocenters. The van der Waals surface area contributed by atoms with Gasteiger partial charge in [-0.2, -0.15) is 0 Å². The molecule has 0 aromatic carbocycles. The maximum Gasteiger partial charge on any atom is 0.0492 e. The summed E-state index contributed by atoms with van der Waals surface area (Å²) in [4.78, 5) is 0. The van der Waals surface area contributed by atoms with E-state index in [1.165, 1.54) is 12.8 Å². The molecule has 0 aliphatic heterocycles. The van der Waals surface area contributed by atoms with Crippen LogP contribution >= 0.6 is 0 Å². The second-order valence-electron chi connectivity index (χ2n) is 5.24. The Morgan fingerprint density at radius 1 is 1.27 bits per heavy atom. The first-order chi connectivity index (χ1) is 5.14. The van der Waals surface area contributed by atoms with E-state index in [1.807, 2.05) is 0 Å². The summed E-state index contributed by atoms with van der Waals surface area (Å²) in [6, 6.07) is 0. The molecule has 0 spiro atoms. The molecule has 0 radical (unpaired) electrons. The molecule has 0 amide bonds. The smallest absolute Gasteiger partial charge is 0.0492 e. The van der Waals surface area contributed by atoms with Crippen LogP contribution in [0, 0.1) is 28.6 Å². The predicted octanol–water partition coefficient (Wildman–Crippen LogP) is 1.66. The van der Waals surface area contributed by atoms with Crippen molar-refractivity contribution in [3.8, 4) is 0 Å². The largest absolute Gasteiger partial charge is 0.396 e. The number of rotatable bonds is 1. The van der Waals surface area contributed by atoms with E-state index >= 15 is 0 Å². The van der Waals surface area contributed by atoms with E-state index in [0.29, 0.717) is 17.4 Å². The molecular formula is C10H16O. The minimum Gasteiger partial charge on any atom is -0.396 e. The van der Waals surface area contributed by atoms with E-state index in [2.05, 4.69) is 13.8 Å². The zero-order chi connectivity index (χ0) is 7.85. The molecule has 1 heteroatoms. The number of hydrogen-bond donors (Lipinski definition) is 1. The van der Waals surface area contributed by atoms with Crippen molar-refractivity contribution < 1.29 is 5.11 Å². The second-order valence-corrected chi connectivity index (χ2v) is 5.24. The summed E-state index contributed by atoms with van der Waals surface area (Å²) in [5.41, 5.74) is 0.842. The minimum absolute atomic E-state index is 0.294. The second kappa shape index (κ2) is 1.39. The van der Waals surface area contributed by atoms with Crippen molar-refractivity contribution in [2.75, 3.05) is 6.61 Å². The van der Waals surface area contributed by atoms with Crippen molar-refractivity contribution in [3.05, 3.63) is 0 Å². The van der Waals surface area contributed by atoms with Gasteiger partial charge < -0.3 is 5.11 Å². The van der Waals surface area contributed by atoms with Gasteiger partial charge in [-0.05, 0) is 41.4 Å². The Morgan fingerprint density at radius 3 is 2.00 bits per heavy atom. The van der Waals surface area contributed by atoms with Crippen molar-refractivity contribution in [1.82, 2.24) is 0 Å². The van der Waals surface area contributed by atoms with Gasteiger partial charge in [-0.1, -0.05) is 13.8 Å². The molecule has 0 aromatic heterocycles. The van der Waals surface area contributed by atoms with Gasteiger partial charge in [0, 0.05) is 6.61 Å². The van der Waals surface area contributed by atoms with Crippen LogP contribution in [0.3, 0.4) is 0 Å². The lowest BCUT2D eigenvalue weighted by Crippen LogP contribution is -2.31. The molecule has 4 aliphatic carbocycles. The van der Waals surface area contributed by atoms with E-state index in [0.717, 1.165) is 17.8 Å². The van der Waals surface area contributed by atoms with Crippen molar-refractivity contribution in [2.45, 2.75) is 26.7 Å². The molecule has 2 unspecified atom stereocenters. The summed E-state index contributed by atoms with van der Waals surface area (Å²) in [6.45, 7) is 5.11. The Kier molecular flexibility index (Phi) is 0.820. The SMILES string of the molecule is CC12[C@@H]3CC(C[C@@H]31)[C@]2(C)CO. The lowest BCUT2D eigenvalue weighted by Gasteiger charge is -2.31. The van der Waals surface area contributed by atoms with E-state index in [-0.39, 0.29) is 0 Å². The zero-order valence-corrected chi connectivity index (χ0v) is 7.30. The van der Waals surface area contributed by atoms with Crippen molar-refractivity contribution in [2.24, 2.45) is 28.6 Å². The van der Waals surface area contributed by atoms with Gasteiger partial charge >= 0.3 is 0 Å². The van der Waals surface area contributed by atoms with Crippen LogP contribution in [0.4, 0.5) is 0 Å². The molecule has 62 valence electrons. The van der Waals surface area contributed by atoms with Crippen LogP contribution in [0.5, 0.6) is 0 Å². The summed E-state index contributed by atoms with van der Waals surface area (Å²) < 4.78 is 0. The average molecular weight is 152 g/mol. The Labute approximate surface area is 67.8 Å². The molecule has 0 heterocycles. The van der Waals surface area contributed by atoms with E-state index < -0.39 is 0 Å². The van der Waals surface area contributed by atoms with Crippen LogP contribution in [-0.4, -0.2) is 11.7 Å². The number of aliphatic hydroxyl groups excluding tert-OH is 1. The molecule has 4 bridgehead atoms. The maximum absolute atomic E-state index is 9.38. The average Bonchev–Trinajstić information content (AvgIpc) is 2.42. The van der Waals surface area contributed by atoms with Crippen molar-refractivity contribution >= 4 is 0 Å². The fourth-order valence-corrected chi connectivity index (χ4v) is 4.33. The lowest BCUT2D eigenvalue weighted by molar-refractivity contribution is 0.0663. The van der Waals surface area contributed by atoms with Crippen LogP contribution in [0.2, 0.25) is 0 Å². The summed E-state index contributed by atoms with van der Waals surface area (Å²) in [5, 5.41) is 9.38. The molecular weight excluding hydrogens is 136 g/mol. The van der Waals surface area contributed by atoms with Gasteiger partial charge in [0.1, 0.15) is 0 Å². The Balaban J connectivity index is 2.10. The molecule has 1 N–H and O–H groups in total. The van der Waals surface area contributed by atoms with Gasteiger partial charge in [0.25, 0.3) is 0 Å². The molecule has 0 aromatic rings. The third-order valence-electron chi connectivity index (χ3n) is 5.45. The Morgan fingerprint density at radius 2 is 1.82 bits per heavy atom. The molecule has 4 saturated carbocycles. The van der Waals surface area contributed by atoms with Crippen LogP contribution in [0.1, 0.15) is 26.7 Å². The fraction of sp³-hybridized carbons (Fsp3) is 1.00. The summed E-state index contributed by atoms with van der Waals surface area (Å²) >= 11 is 0. The monoisotopic (exact) mass is 152 g/mol. The van der Waals surface area contributed by atoms with Gasteiger partial charge in [0.2, 0.25) is 0 Å². The normalized spacial score (nSPS) is 70.6. The topological polar surface area (TPSA) is 20.2 Å². The predicted molar refractivity (Wildman–Crippen MR) is 43.0 cm³/mol. The first kappa shape index (κ1) is 6.47. The van der Waals surface area contributed by atoms with Gasteiger partial charge in [-0.15, -0.1) is 0 Å². The zero-order valence-electron chi connectivity index (χ0n) is 7.30. The first-order valence-corrected chi connectivity index (χ1v) is 4.75. The van der Waals surface area contributed by atoms with Gasteiger partial charge in [0.05, 0.1) is 0 Å². The highest BCUT2D eigenvalue weighted by Crippen LogP contribution is 2.85. The molecule has 4 rings (SSSR count). The molecule has 11 heavy (non-hydrogen) atoms. The third-order valence-corrected chi connectivity index (χ3v) is 5.45. The van der Waals surface area contributed by atoms with E-state index in [9.17, 15) is 5.11 Å². The quantitative estimate of drug-likeness (QED) is 0.606. The third kappa shape index (κ3) is 0.395. The standard InChI is InChI=1S/C10H16O/c1-9(5-11)6-3-7-8(4-6)10(7,9)2/h6-8,11H,3-5H2,1-2H3/t6?,7-,8+,9-,10?/m0/s1. The van der Waals surface area contributed by atoms with Gasteiger partial charge in [-0.3, -0.25) is 0 Å². The highest BCUT2D eigenvalue weighted by Gasteiger charge is 2.81. The maximum atomic E-state index is 9.38. The summed E-state index contributed by atoms with van der Waals surface area (Å²) in [6.07, 6.45) is 2.83. The highest BCUT2D eigenvalue weighted by molar-refractivity contribution is 5.28. The van der Waals surface area contributed by atoms with Crippen LogP contribution in [-0.2, 0) is 0 Å². The van der Waals surface area contributed by atoms with Crippen molar-refractivity contribution in [3.63, 3.8) is 0 Å².